The predicted molar refractivity (Wildman–Crippen MR) is 183 cm³/mol. The number of nitrogens with one attached hydrogen (secondary N) is 3. The average Bonchev–Trinajstić information content (AvgIpc) is 3.44. The molecule has 0 aromatic rings. The molecule has 0 aromatic heterocycles. The van der Waals surface area contributed by atoms with Crippen LogP contribution in [0, 0.1) is 0 Å². The number of rotatable bonds is 16. The lowest BCUT2D eigenvalue weighted by Crippen LogP contribution is -2.67. The Bertz CT molecular complexity index is 1140. The first-order valence-corrected chi connectivity index (χ1v) is 18.4. The molecule has 19 N–H and O–H groups in total. The SMILES string of the molecule is NC[C@@H]1O[C@H](O[C@H]2[C@@H](O)[C@H](O[C@@H]3[C@@H](O)[C@H](NC(CO)CO)C[C@H](N)[C@H]3O[C@H]3O[C@H](CNCC4(O)CCNCC4)C=C[C@H]3N)O[C@@H]2CO)[C@H](N)[C@@H](O)[C@@H]1O. The zero-order chi connectivity index (χ0) is 38.4. The van der Waals surface area contributed by atoms with Crippen molar-refractivity contribution in [1.82, 2.24) is 16.0 Å². The number of hydrogen-bond donors (Lipinski definition) is 15. The van der Waals surface area contributed by atoms with Crippen molar-refractivity contribution in [3.8, 4) is 0 Å². The van der Waals surface area contributed by atoms with Crippen molar-refractivity contribution in [2.75, 3.05) is 52.5 Å². The maximum atomic E-state index is 11.7. The molecule has 1 aliphatic carbocycles. The van der Waals surface area contributed by atoms with Gasteiger partial charge in [-0.3, -0.25) is 0 Å². The summed E-state index contributed by atoms with van der Waals surface area (Å²) in [5.74, 6) is 0. The minimum Gasteiger partial charge on any atom is -0.395 e. The fourth-order valence-electron chi connectivity index (χ4n) is 7.48. The molecular weight excluding hydrogens is 706 g/mol. The summed E-state index contributed by atoms with van der Waals surface area (Å²) in [5.41, 5.74) is 23.9. The summed E-state index contributed by atoms with van der Waals surface area (Å²) >= 11 is 0. The van der Waals surface area contributed by atoms with Crippen LogP contribution in [0.1, 0.15) is 19.3 Å². The Hall–Kier alpha value is -1.10. The average molecular weight is 768 g/mol. The van der Waals surface area contributed by atoms with Crippen LogP contribution in [0.4, 0.5) is 0 Å². The van der Waals surface area contributed by atoms with Gasteiger partial charge in [-0.25, -0.2) is 0 Å². The van der Waals surface area contributed by atoms with Gasteiger partial charge in [-0.2, -0.15) is 0 Å². The molecule has 1 saturated carbocycles. The van der Waals surface area contributed by atoms with E-state index in [0.29, 0.717) is 25.9 Å². The van der Waals surface area contributed by atoms with E-state index in [-0.39, 0.29) is 13.0 Å². The topological polar surface area (TPSA) is 357 Å². The van der Waals surface area contributed by atoms with Gasteiger partial charge in [0.05, 0.1) is 55.8 Å². The third kappa shape index (κ3) is 10.3. The van der Waals surface area contributed by atoms with Crippen LogP contribution < -0.4 is 38.9 Å². The van der Waals surface area contributed by atoms with Crippen molar-refractivity contribution in [2.45, 2.75) is 135 Å². The normalized spacial score (nSPS) is 44.8. The molecule has 0 radical (unpaired) electrons. The lowest BCUT2D eigenvalue weighted by atomic mass is 9.83. The van der Waals surface area contributed by atoms with Gasteiger partial charge in [0.2, 0.25) is 0 Å². The summed E-state index contributed by atoms with van der Waals surface area (Å²) in [6, 6.07) is -4.47. The van der Waals surface area contributed by atoms with Crippen molar-refractivity contribution in [2.24, 2.45) is 22.9 Å². The highest BCUT2D eigenvalue weighted by Gasteiger charge is 2.54. The van der Waals surface area contributed by atoms with E-state index < -0.39 is 136 Å². The number of nitrogens with two attached hydrogens (primary N) is 4. The molecule has 3 saturated heterocycles. The fraction of sp³-hybridized carbons (Fsp3) is 0.938. The van der Waals surface area contributed by atoms with Crippen LogP contribution in [0.25, 0.3) is 0 Å². The van der Waals surface area contributed by atoms with E-state index in [1.165, 1.54) is 0 Å². The van der Waals surface area contributed by atoms with Gasteiger partial charge >= 0.3 is 0 Å². The monoisotopic (exact) mass is 767 g/mol. The van der Waals surface area contributed by atoms with Crippen molar-refractivity contribution < 1.29 is 69.3 Å². The Balaban J connectivity index is 1.29. The van der Waals surface area contributed by atoms with Crippen LogP contribution in [0.15, 0.2) is 12.2 Å². The minimum absolute atomic E-state index is 0.102. The van der Waals surface area contributed by atoms with Crippen molar-refractivity contribution in [3.63, 3.8) is 0 Å². The highest BCUT2D eigenvalue weighted by molar-refractivity contribution is 5.06. The Labute approximate surface area is 307 Å². The molecule has 21 heteroatoms. The second-order valence-electron chi connectivity index (χ2n) is 14.7. The van der Waals surface area contributed by atoms with Gasteiger partial charge in [0.1, 0.15) is 48.8 Å². The van der Waals surface area contributed by atoms with E-state index in [0.717, 1.165) is 13.1 Å². The third-order valence-electron chi connectivity index (χ3n) is 10.7. The lowest BCUT2D eigenvalue weighted by Gasteiger charge is -2.46. The first-order chi connectivity index (χ1) is 25.3. The molecule has 0 spiro atoms. The van der Waals surface area contributed by atoms with Gasteiger partial charge in [0, 0.05) is 31.7 Å². The minimum atomic E-state index is -1.62. The molecule has 0 bridgehead atoms. The maximum Gasteiger partial charge on any atom is 0.187 e. The Morgan fingerprint density at radius 3 is 2.11 bits per heavy atom. The molecule has 4 heterocycles. The summed E-state index contributed by atoms with van der Waals surface area (Å²) in [5, 5.41) is 93.7. The van der Waals surface area contributed by atoms with Crippen LogP contribution >= 0.6 is 0 Å². The molecule has 0 amide bonds. The molecule has 4 fully saturated rings. The second kappa shape index (κ2) is 19.4. The quantitative estimate of drug-likeness (QED) is 0.0648. The lowest BCUT2D eigenvalue weighted by molar-refractivity contribution is -0.284. The van der Waals surface area contributed by atoms with Gasteiger partial charge in [-0.1, -0.05) is 12.2 Å². The van der Waals surface area contributed by atoms with Gasteiger partial charge in [-0.05, 0) is 32.4 Å². The van der Waals surface area contributed by atoms with Crippen LogP contribution in [-0.2, 0) is 28.4 Å². The molecule has 308 valence electrons. The first-order valence-electron chi connectivity index (χ1n) is 18.4. The fourth-order valence-corrected chi connectivity index (χ4v) is 7.48. The van der Waals surface area contributed by atoms with Gasteiger partial charge in [0.25, 0.3) is 0 Å². The number of ether oxygens (including phenoxy) is 6. The maximum absolute atomic E-state index is 11.7. The largest absolute Gasteiger partial charge is 0.395 e. The van der Waals surface area contributed by atoms with Crippen LogP contribution in [0.3, 0.4) is 0 Å². The predicted octanol–water partition coefficient (Wildman–Crippen LogP) is -8.33. The van der Waals surface area contributed by atoms with Crippen molar-refractivity contribution in [1.29, 1.82) is 0 Å². The van der Waals surface area contributed by atoms with E-state index >= 15 is 0 Å². The van der Waals surface area contributed by atoms with Gasteiger partial charge in [0.15, 0.2) is 18.9 Å². The third-order valence-corrected chi connectivity index (χ3v) is 10.7. The highest BCUT2D eigenvalue weighted by Crippen LogP contribution is 2.34. The highest BCUT2D eigenvalue weighted by atomic mass is 16.8. The Morgan fingerprint density at radius 2 is 1.45 bits per heavy atom. The van der Waals surface area contributed by atoms with Gasteiger partial charge in [-0.15, -0.1) is 0 Å². The standard InChI is InChI=1S/C32H61N7O14/c33-8-19-23(44)24(45)21(36)30(49-19)52-27-20(12-42)50-31(25(27)46)53-28-22(43)18(39-14(10-40)11-41)7-17(35)26(28)51-29-16(34)2-1-15(48-29)9-38-13-32(47)3-5-37-6-4-32/h1-2,14-31,37-47H,3-13,33-36H2/t15-,16+,17-,18+,19-,20+,21+,22-,23+,24+,25+,26+,27+,28+,29+,30+,31-/m0/s1. The zero-order valence-electron chi connectivity index (χ0n) is 29.7. The molecule has 4 aliphatic heterocycles. The van der Waals surface area contributed by atoms with E-state index in [4.69, 9.17) is 51.4 Å². The van der Waals surface area contributed by atoms with E-state index in [1.54, 1.807) is 12.2 Å². The summed E-state index contributed by atoms with van der Waals surface area (Å²) in [4.78, 5) is 0. The summed E-state index contributed by atoms with van der Waals surface area (Å²) in [6.45, 7) is 0.456. The van der Waals surface area contributed by atoms with Crippen molar-refractivity contribution in [3.05, 3.63) is 12.2 Å². The summed E-state index contributed by atoms with van der Waals surface area (Å²) < 4.78 is 36.2. The molecule has 5 rings (SSSR count). The first kappa shape index (κ1) is 43.0. The Morgan fingerprint density at radius 1 is 0.792 bits per heavy atom. The number of aliphatic hydroxyl groups is 8. The van der Waals surface area contributed by atoms with Crippen LogP contribution in [0.5, 0.6) is 0 Å². The van der Waals surface area contributed by atoms with E-state index in [9.17, 15) is 40.9 Å². The molecule has 17 atom stereocenters. The molecule has 0 aromatic carbocycles. The molecular formula is C32H61N7O14. The van der Waals surface area contributed by atoms with E-state index in [2.05, 4.69) is 16.0 Å². The molecule has 21 nitrogen and oxygen atoms in total. The number of aliphatic hydroxyl groups excluding tert-OH is 7. The molecule has 53 heavy (non-hydrogen) atoms. The van der Waals surface area contributed by atoms with Crippen molar-refractivity contribution >= 4 is 0 Å². The molecule has 5 aliphatic rings. The zero-order valence-corrected chi connectivity index (χ0v) is 29.7. The summed E-state index contributed by atoms with van der Waals surface area (Å²) in [6.07, 6.45) is -11.5. The second-order valence-corrected chi connectivity index (χ2v) is 14.7. The number of piperidine rings is 1. The summed E-state index contributed by atoms with van der Waals surface area (Å²) in [7, 11) is 0. The van der Waals surface area contributed by atoms with E-state index in [1.807, 2.05) is 0 Å². The van der Waals surface area contributed by atoms with Crippen LogP contribution in [0.2, 0.25) is 0 Å². The Kier molecular flexibility index (Phi) is 15.7. The van der Waals surface area contributed by atoms with Gasteiger partial charge < -0.3 is 108 Å². The molecule has 0 unspecified atom stereocenters. The smallest absolute Gasteiger partial charge is 0.187 e. The van der Waals surface area contributed by atoms with Crippen LogP contribution in [-0.4, -0.2) is 209 Å². The number of hydrogen-bond acceptors (Lipinski definition) is 21.